The predicted octanol–water partition coefficient (Wildman–Crippen LogP) is 1.38. The highest BCUT2D eigenvalue weighted by Crippen LogP contribution is 2.45. The smallest absolute Gasteiger partial charge is 0.318 e. The molecule has 0 radical (unpaired) electrons. The van der Waals surface area contributed by atoms with Crippen molar-refractivity contribution in [2.45, 2.75) is 52.1 Å². The van der Waals surface area contributed by atoms with Gasteiger partial charge in [0.05, 0.1) is 24.4 Å². The highest BCUT2D eigenvalue weighted by molar-refractivity contribution is 5.99. The quantitative estimate of drug-likeness (QED) is 0.428. The molecule has 2 saturated heterocycles. The molecule has 0 spiro atoms. The van der Waals surface area contributed by atoms with E-state index in [4.69, 9.17) is 9.47 Å². The molecule has 2 rings (SSSR count). The summed E-state index contributed by atoms with van der Waals surface area (Å²) in [6.07, 6.45) is 1.55. The number of hydrogen-bond acceptors (Lipinski definition) is 7. The van der Waals surface area contributed by atoms with Gasteiger partial charge < -0.3 is 14.2 Å². The second kappa shape index (κ2) is 5.94. The van der Waals surface area contributed by atoms with Crippen molar-refractivity contribution in [1.82, 2.24) is 0 Å². The van der Waals surface area contributed by atoms with Crippen molar-refractivity contribution in [2.75, 3.05) is 7.11 Å². The second-order valence-corrected chi connectivity index (χ2v) is 6.84. The molecule has 2 fully saturated rings. The van der Waals surface area contributed by atoms with E-state index in [0.29, 0.717) is 19.3 Å². The van der Waals surface area contributed by atoms with Gasteiger partial charge in [-0.25, -0.2) is 0 Å². The lowest BCUT2D eigenvalue weighted by molar-refractivity contribution is -0.165. The summed E-state index contributed by atoms with van der Waals surface area (Å²) in [7, 11) is 1.24. The van der Waals surface area contributed by atoms with Crippen molar-refractivity contribution in [1.29, 1.82) is 0 Å². The number of ether oxygens (including phenoxy) is 3. The van der Waals surface area contributed by atoms with Gasteiger partial charge in [-0.05, 0) is 33.1 Å². The first-order chi connectivity index (χ1) is 10.6. The van der Waals surface area contributed by atoms with Crippen molar-refractivity contribution >= 4 is 23.9 Å². The Bertz CT molecular complexity index is 555. The third kappa shape index (κ3) is 3.09. The minimum atomic E-state index is -1.21. The van der Waals surface area contributed by atoms with Crippen molar-refractivity contribution in [3.8, 4) is 0 Å². The number of methoxy groups -OCH3 is 1. The number of carbonyl (C=O) groups excluding carboxylic acids is 4. The summed E-state index contributed by atoms with van der Waals surface area (Å²) in [6.45, 7) is 4.97. The van der Waals surface area contributed by atoms with E-state index in [1.807, 2.05) is 0 Å². The molecule has 128 valence electrons. The van der Waals surface area contributed by atoms with E-state index < -0.39 is 40.8 Å². The lowest BCUT2D eigenvalue weighted by Crippen LogP contribution is -2.43. The lowest BCUT2D eigenvalue weighted by Gasteiger charge is -2.34. The molecule has 0 bridgehead atoms. The van der Waals surface area contributed by atoms with E-state index in [0.717, 1.165) is 0 Å². The Kier molecular flexibility index (Phi) is 4.50. The third-order valence-corrected chi connectivity index (χ3v) is 5.06. The molecule has 4 unspecified atom stereocenters. The van der Waals surface area contributed by atoms with Gasteiger partial charge >= 0.3 is 23.9 Å². The van der Waals surface area contributed by atoms with Crippen LogP contribution in [0.1, 0.15) is 46.5 Å². The van der Waals surface area contributed by atoms with Gasteiger partial charge in [0.15, 0.2) is 0 Å². The summed E-state index contributed by atoms with van der Waals surface area (Å²) >= 11 is 0. The largest absolute Gasteiger partial charge is 0.469 e. The molecule has 2 heterocycles. The number of carbonyl (C=O) groups is 4. The van der Waals surface area contributed by atoms with Gasteiger partial charge in [-0.15, -0.1) is 0 Å². The van der Waals surface area contributed by atoms with E-state index in [-0.39, 0.29) is 12.4 Å². The zero-order valence-electron chi connectivity index (χ0n) is 13.8. The molecule has 7 heteroatoms. The van der Waals surface area contributed by atoms with Crippen LogP contribution in [0, 0.1) is 17.3 Å². The Morgan fingerprint density at radius 3 is 2.43 bits per heavy atom. The molecular formula is C16H22O7. The van der Waals surface area contributed by atoms with E-state index in [1.54, 1.807) is 20.8 Å². The molecule has 0 N–H and O–H groups in total. The van der Waals surface area contributed by atoms with Gasteiger partial charge in [-0.2, -0.15) is 0 Å². The molecule has 2 aliphatic heterocycles. The van der Waals surface area contributed by atoms with Crippen LogP contribution in [0.3, 0.4) is 0 Å². The van der Waals surface area contributed by atoms with Gasteiger partial charge in [-0.1, -0.05) is 6.92 Å². The van der Waals surface area contributed by atoms with Gasteiger partial charge in [-0.3, -0.25) is 19.2 Å². The maximum Gasteiger partial charge on any atom is 0.318 e. The SMILES string of the molecule is COC(=O)C(C)(CCC1(C)CCC(=O)O1)C1C(=O)OC(=O)C1C. The summed E-state index contributed by atoms with van der Waals surface area (Å²) in [5.74, 6) is -3.80. The molecule has 0 saturated carbocycles. The average molecular weight is 326 g/mol. The maximum atomic E-state index is 12.3. The summed E-state index contributed by atoms with van der Waals surface area (Å²) in [4.78, 5) is 47.4. The summed E-state index contributed by atoms with van der Waals surface area (Å²) < 4.78 is 14.9. The fourth-order valence-corrected chi connectivity index (χ4v) is 3.47. The fourth-order valence-electron chi connectivity index (χ4n) is 3.47. The van der Waals surface area contributed by atoms with Crippen LogP contribution >= 0.6 is 0 Å². The fraction of sp³-hybridized carbons (Fsp3) is 0.750. The first-order valence-corrected chi connectivity index (χ1v) is 7.69. The van der Waals surface area contributed by atoms with E-state index in [2.05, 4.69) is 4.74 Å². The molecule has 23 heavy (non-hydrogen) atoms. The maximum absolute atomic E-state index is 12.3. The zero-order valence-corrected chi connectivity index (χ0v) is 13.8. The van der Waals surface area contributed by atoms with Crippen LogP contribution in [0.25, 0.3) is 0 Å². The monoisotopic (exact) mass is 326 g/mol. The van der Waals surface area contributed by atoms with Crippen LogP contribution in [0.15, 0.2) is 0 Å². The Morgan fingerprint density at radius 2 is 2.00 bits per heavy atom. The van der Waals surface area contributed by atoms with E-state index in [9.17, 15) is 19.2 Å². The van der Waals surface area contributed by atoms with Crippen molar-refractivity contribution < 1.29 is 33.4 Å². The number of cyclic esters (lactones) is 3. The van der Waals surface area contributed by atoms with Gasteiger partial charge in [0, 0.05) is 6.42 Å². The first kappa shape index (κ1) is 17.4. The first-order valence-electron chi connectivity index (χ1n) is 7.69. The Hall–Kier alpha value is -1.92. The lowest BCUT2D eigenvalue weighted by atomic mass is 9.68. The molecule has 0 aromatic rings. The molecule has 2 aliphatic rings. The van der Waals surface area contributed by atoms with Crippen molar-refractivity contribution in [3.05, 3.63) is 0 Å². The highest BCUT2D eigenvalue weighted by Gasteiger charge is 2.56. The minimum absolute atomic E-state index is 0.251. The van der Waals surface area contributed by atoms with Crippen LogP contribution in [-0.2, 0) is 33.4 Å². The van der Waals surface area contributed by atoms with Crippen LogP contribution in [0.2, 0.25) is 0 Å². The number of rotatable bonds is 5. The highest BCUT2D eigenvalue weighted by atomic mass is 16.6. The molecule has 7 nitrogen and oxygen atoms in total. The van der Waals surface area contributed by atoms with Gasteiger partial charge in [0.2, 0.25) is 0 Å². The van der Waals surface area contributed by atoms with Crippen LogP contribution in [-0.4, -0.2) is 36.6 Å². The van der Waals surface area contributed by atoms with Crippen LogP contribution in [0.4, 0.5) is 0 Å². The second-order valence-electron chi connectivity index (χ2n) is 6.84. The summed E-state index contributed by atoms with van der Waals surface area (Å²) in [6, 6.07) is 0. The molecule has 4 atom stereocenters. The number of hydrogen-bond donors (Lipinski definition) is 0. The molecule has 0 aromatic heterocycles. The average Bonchev–Trinajstić information content (AvgIpc) is 2.96. The molecule has 0 aliphatic carbocycles. The topological polar surface area (TPSA) is 96.0 Å². The van der Waals surface area contributed by atoms with E-state index in [1.165, 1.54) is 7.11 Å². The minimum Gasteiger partial charge on any atom is -0.469 e. The number of esters is 4. The third-order valence-electron chi connectivity index (χ3n) is 5.06. The van der Waals surface area contributed by atoms with Crippen molar-refractivity contribution in [3.63, 3.8) is 0 Å². The predicted molar refractivity (Wildman–Crippen MR) is 76.8 cm³/mol. The van der Waals surface area contributed by atoms with Gasteiger partial charge in [0.25, 0.3) is 0 Å². The zero-order chi connectivity index (χ0) is 17.4. The molecule has 0 amide bonds. The Balaban J connectivity index is 2.22. The summed E-state index contributed by atoms with van der Waals surface area (Å²) in [5.41, 5.74) is -1.88. The normalized spacial score (nSPS) is 33.1. The standard InChI is InChI=1S/C16H22O7/c1-9-11(13(19)22-12(9)18)16(3,14(20)21-4)8-7-15(2)6-5-10(17)23-15/h9,11H,5-8H2,1-4H3. The molecule has 0 aromatic carbocycles. The van der Waals surface area contributed by atoms with Crippen molar-refractivity contribution in [2.24, 2.45) is 17.3 Å². The summed E-state index contributed by atoms with van der Waals surface area (Å²) in [5, 5.41) is 0. The van der Waals surface area contributed by atoms with Crippen LogP contribution in [0.5, 0.6) is 0 Å². The Labute approximate surface area is 134 Å². The van der Waals surface area contributed by atoms with E-state index >= 15 is 0 Å². The Morgan fingerprint density at radius 1 is 1.35 bits per heavy atom. The molecular weight excluding hydrogens is 304 g/mol. The van der Waals surface area contributed by atoms with Gasteiger partial charge in [0.1, 0.15) is 5.60 Å². The van der Waals surface area contributed by atoms with Crippen LogP contribution < -0.4 is 0 Å².